The minimum Gasteiger partial charge on any atom is -0.493 e. The van der Waals surface area contributed by atoms with Crippen molar-refractivity contribution in [2.24, 2.45) is 0 Å². The summed E-state index contributed by atoms with van der Waals surface area (Å²) >= 11 is 0. The molecule has 23 heavy (non-hydrogen) atoms. The van der Waals surface area contributed by atoms with Crippen LogP contribution in [0, 0.1) is 0 Å². The van der Waals surface area contributed by atoms with Gasteiger partial charge in [-0.3, -0.25) is 0 Å². The lowest BCUT2D eigenvalue weighted by Crippen LogP contribution is -2.43. The van der Waals surface area contributed by atoms with E-state index in [4.69, 9.17) is 19.7 Å². The van der Waals surface area contributed by atoms with Gasteiger partial charge in [0.1, 0.15) is 11.9 Å². The molecule has 1 aromatic carbocycles. The van der Waals surface area contributed by atoms with Crippen LogP contribution in [0.25, 0.3) is 0 Å². The van der Waals surface area contributed by atoms with Crippen molar-refractivity contribution < 1.29 is 29.3 Å². The molecule has 3 rings (SSSR count). The second kappa shape index (κ2) is 8.30. The lowest BCUT2D eigenvalue weighted by Gasteiger charge is -2.31. The molecule has 124 valence electrons. The smallest absolute Gasteiger partial charge is 0.328 e. The number of fused-ring (bicyclic) bond motifs is 3. The van der Waals surface area contributed by atoms with E-state index in [-0.39, 0.29) is 6.10 Å². The van der Waals surface area contributed by atoms with Crippen molar-refractivity contribution in [3.05, 3.63) is 42.0 Å². The first-order valence-electron chi connectivity index (χ1n) is 7.28. The molecule has 0 aromatic heterocycles. The molecule has 1 fully saturated rings. The summed E-state index contributed by atoms with van der Waals surface area (Å²) in [6.07, 6.45) is 2.29. The molecule has 0 saturated carbocycles. The minimum atomic E-state index is -1.26. The number of para-hydroxylation sites is 1. The van der Waals surface area contributed by atoms with Gasteiger partial charge in [0.25, 0.3) is 0 Å². The molecule has 1 saturated heterocycles. The number of hydrogen-bond acceptors (Lipinski definition) is 5. The fourth-order valence-electron chi connectivity index (χ4n) is 2.50. The van der Waals surface area contributed by atoms with Gasteiger partial charge in [0.05, 0.1) is 13.2 Å². The Labute approximate surface area is 133 Å². The molecule has 2 heterocycles. The molecule has 3 N–H and O–H groups in total. The highest BCUT2D eigenvalue weighted by molar-refractivity contribution is 5.89. The van der Waals surface area contributed by atoms with Gasteiger partial charge in [0.15, 0.2) is 0 Å². The van der Waals surface area contributed by atoms with Gasteiger partial charge in [-0.05, 0) is 12.5 Å². The lowest BCUT2D eigenvalue weighted by atomic mass is 9.99. The zero-order valence-electron chi connectivity index (χ0n) is 12.5. The van der Waals surface area contributed by atoms with E-state index in [2.05, 4.69) is 11.4 Å². The number of hydrogen-bond donors (Lipinski definition) is 3. The summed E-state index contributed by atoms with van der Waals surface area (Å²) < 4.78 is 11.6. The molecule has 0 radical (unpaired) electrons. The van der Waals surface area contributed by atoms with Crippen LogP contribution in [0.15, 0.2) is 36.4 Å². The first-order chi connectivity index (χ1) is 11.1. The fourth-order valence-corrected chi connectivity index (χ4v) is 2.50. The predicted octanol–water partition coefficient (Wildman–Crippen LogP) is 1.21. The van der Waals surface area contributed by atoms with Crippen molar-refractivity contribution in [2.45, 2.75) is 18.6 Å². The monoisotopic (exact) mass is 321 g/mol. The van der Waals surface area contributed by atoms with Crippen LogP contribution in [-0.4, -0.2) is 48.0 Å². The third kappa shape index (κ3) is 5.08. The van der Waals surface area contributed by atoms with E-state index in [1.807, 2.05) is 18.2 Å². The van der Waals surface area contributed by atoms with Crippen LogP contribution in [0.4, 0.5) is 0 Å². The van der Waals surface area contributed by atoms with Gasteiger partial charge >= 0.3 is 11.9 Å². The Kier molecular flexibility index (Phi) is 6.13. The zero-order chi connectivity index (χ0) is 16.7. The first kappa shape index (κ1) is 17.0. The van der Waals surface area contributed by atoms with E-state index in [0.29, 0.717) is 18.2 Å². The summed E-state index contributed by atoms with van der Waals surface area (Å²) in [5.74, 6) is -1.53. The van der Waals surface area contributed by atoms with Crippen LogP contribution in [0.5, 0.6) is 5.75 Å². The Morgan fingerprint density at radius 2 is 1.83 bits per heavy atom. The molecule has 2 aliphatic rings. The summed E-state index contributed by atoms with van der Waals surface area (Å²) in [7, 11) is 0. The van der Waals surface area contributed by atoms with Crippen LogP contribution in [-0.2, 0) is 14.3 Å². The van der Waals surface area contributed by atoms with Gasteiger partial charge in [0.2, 0.25) is 0 Å². The number of carbonyl (C=O) groups is 2. The van der Waals surface area contributed by atoms with Crippen molar-refractivity contribution in [3.63, 3.8) is 0 Å². The zero-order valence-corrected chi connectivity index (χ0v) is 12.5. The summed E-state index contributed by atoms with van der Waals surface area (Å²) in [6, 6.07) is 8.58. The van der Waals surface area contributed by atoms with Crippen LogP contribution >= 0.6 is 0 Å². The summed E-state index contributed by atoms with van der Waals surface area (Å²) in [5.41, 5.74) is 1.19. The molecular weight excluding hydrogens is 302 g/mol. The topological polar surface area (TPSA) is 105 Å². The maximum Gasteiger partial charge on any atom is 0.328 e. The third-order valence-corrected chi connectivity index (χ3v) is 3.45. The molecular formula is C16H19NO6. The number of ether oxygens (including phenoxy) is 2. The second-order valence-electron chi connectivity index (χ2n) is 5.04. The van der Waals surface area contributed by atoms with Crippen LogP contribution < -0.4 is 10.1 Å². The van der Waals surface area contributed by atoms with Crippen molar-refractivity contribution in [1.29, 1.82) is 0 Å². The largest absolute Gasteiger partial charge is 0.493 e. The number of nitrogens with one attached hydrogen (secondary N) is 1. The van der Waals surface area contributed by atoms with E-state index >= 15 is 0 Å². The number of carboxylic acids is 2. The number of rotatable bonds is 2. The molecule has 0 spiro atoms. The van der Waals surface area contributed by atoms with Gasteiger partial charge in [0, 0.05) is 30.3 Å². The molecule has 0 unspecified atom stereocenters. The van der Waals surface area contributed by atoms with Gasteiger partial charge in [-0.15, -0.1) is 0 Å². The van der Waals surface area contributed by atoms with Crippen LogP contribution in [0.3, 0.4) is 0 Å². The highest BCUT2D eigenvalue weighted by atomic mass is 16.5. The fraction of sp³-hybridized carbons (Fsp3) is 0.375. The Balaban J connectivity index is 0.000000207. The standard InChI is InChI=1S/C12H15NO2.C4H4O4/c1-2-4-11-9(3-1)12-10(5-7-14-11)13-6-8-15-12;5-3(6)1-2-4(7)8/h1-4,10,12-13H,5-8H2;1-2H,(H,5,6)(H,7,8)/b;2-1-/t10-,12+;/m1./s1. The van der Waals surface area contributed by atoms with Gasteiger partial charge in [-0.2, -0.15) is 0 Å². The SMILES string of the molecule is O=C(O)/C=C\C(=O)O.c1ccc2c(c1)OCC[C@H]1NCCO[C@@H]21. The van der Waals surface area contributed by atoms with Gasteiger partial charge in [-0.25, -0.2) is 9.59 Å². The van der Waals surface area contributed by atoms with E-state index in [1.54, 1.807) is 0 Å². The average Bonchev–Trinajstić information content (AvgIpc) is 2.73. The van der Waals surface area contributed by atoms with Crippen molar-refractivity contribution in [3.8, 4) is 5.75 Å². The van der Waals surface area contributed by atoms with Crippen LogP contribution in [0.1, 0.15) is 18.1 Å². The molecule has 0 aliphatic carbocycles. The molecule has 0 bridgehead atoms. The minimum absolute atomic E-state index is 0.164. The summed E-state index contributed by atoms with van der Waals surface area (Å²) in [4.78, 5) is 19.1. The highest BCUT2D eigenvalue weighted by Gasteiger charge is 2.31. The maximum atomic E-state index is 9.55. The van der Waals surface area contributed by atoms with Crippen molar-refractivity contribution in [2.75, 3.05) is 19.8 Å². The predicted molar refractivity (Wildman–Crippen MR) is 81.4 cm³/mol. The average molecular weight is 321 g/mol. The maximum absolute atomic E-state index is 9.55. The molecule has 0 amide bonds. The Bertz CT molecular complexity index is 570. The lowest BCUT2D eigenvalue weighted by molar-refractivity contribution is -0.134. The summed E-state index contributed by atoms with van der Waals surface area (Å²) in [5, 5.41) is 19.1. The molecule has 2 atom stereocenters. The number of aliphatic carboxylic acids is 2. The van der Waals surface area contributed by atoms with Crippen molar-refractivity contribution in [1.82, 2.24) is 5.32 Å². The van der Waals surface area contributed by atoms with Crippen LogP contribution in [0.2, 0.25) is 0 Å². The Morgan fingerprint density at radius 3 is 2.52 bits per heavy atom. The highest BCUT2D eigenvalue weighted by Crippen LogP contribution is 2.34. The molecule has 1 aromatic rings. The van der Waals surface area contributed by atoms with E-state index in [1.165, 1.54) is 5.56 Å². The first-order valence-corrected chi connectivity index (χ1v) is 7.28. The van der Waals surface area contributed by atoms with Gasteiger partial charge in [-0.1, -0.05) is 18.2 Å². The Morgan fingerprint density at radius 1 is 1.13 bits per heavy atom. The Hall–Kier alpha value is -2.38. The number of carboxylic acid groups (broad SMARTS) is 2. The van der Waals surface area contributed by atoms with E-state index in [0.717, 1.165) is 31.9 Å². The normalized spacial score (nSPS) is 22.6. The van der Waals surface area contributed by atoms with E-state index in [9.17, 15) is 9.59 Å². The second-order valence-corrected chi connectivity index (χ2v) is 5.04. The van der Waals surface area contributed by atoms with Crippen molar-refractivity contribution >= 4 is 11.9 Å². The van der Waals surface area contributed by atoms with E-state index < -0.39 is 11.9 Å². The third-order valence-electron chi connectivity index (χ3n) is 3.45. The summed E-state index contributed by atoms with van der Waals surface area (Å²) in [6.45, 7) is 2.51. The number of benzene rings is 1. The quantitative estimate of drug-likeness (QED) is 0.703. The molecule has 2 aliphatic heterocycles. The molecule has 7 nitrogen and oxygen atoms in total. The number of morpholine rings is 1. The molecule has 7 heteroatoms. The van der Waals surface area contributed by atoms with Gasteiger partial charge < -0.3 is 25.0 Å².